The molecular weight excluding hydrogens is 394 g/mol. The summed E-state index contributed by atoms with van der Waals surface area (Å²) in [6, 6.07) is -0.681. The first-order valence-electron chi connectivity index (χ1n) is 10.6. The number of carboxylic acid groups (broad SMARTS) is 1. The summed E-state index contributed by atoms with van der Waals surface area (Å²) in [6.45, 7) is 12.9. The maximum Gasteiger partial charge on any atom is 0.320 e. The second kappa shape index (κ2) is 20.1. The van der Waals surface area contributed by atoms with Crippen LogP contribution in [0.25, 0.3) is 0 Å². The van der Waals surface area contributed by atoms with Gasteiger partial charge in [-0.1, -0.05) is 34.6 Å². The number of nitrogens with two attached hydrogens (primary N) is 2. The minimum Gasteiger partial charge on any atom is -0.480 e. The number of aliphatic hydroxyl groups excluding tert-OH is 5. The lowest BCUT2D eigenvalue weighted by Gasteiger charge is -2.40. The molecule has 0 aromatic carbocycles. The van der Waals surface area contributed by atoms with E-state index in [0.29, 0.717) is 6.42 Å². The Morgan fingerprint density at radius 1 is 0.900 bits per heavy atom. The van der Waals surface area contributed by atoms with Crippen molar-refractivity contribution in [2.24, 2.45) is 17.4 Å². The van der Waals surface area contributed by atoms with Gasteiger partial charge in [0.1, 0.15) is 24.4 Å². The molecule has 0 radical (unpaired) electrons. The molecule has 0 spiro atoms. The first kappa shape index (κ1) is 33.8. The Labute approximate surface area is 181 Å². The standard InChI is InChI=1S/C7H14O5.C6H15N.C4H9NO2.C3H9N/c1-2-3(8)5(10)7(12)6(11)4(2)9;1-4-6-7(3)5-2;1-2-3(5)4(6)7;1-2-3-4/h2-12H,1H3;4-6H2,1-3H3;3H,2,5H2,1H3,(H,6,7);2-4H2,1H3. The van der Waals surface area contributed by atoms with Crippen LogP contribution in [0.5, 0.6) is 0 Å². The van der Waals surface area contributed by atoms with Crippen LogP contribution in [0.3, 0.4) is 0 Å². The minimum atomic E-state index is -1.48. The molecule has 184 valence electrons. The van der Waals surface area contributed by atoms with E-state index in [1.165, 1.54) is 26.4 Å². The maximum atomic E-state index is 9.81. The molecule has 1 saturated carbocycles. The van der Waals surface area contributed by atoms with Crippen molar-refractivity contribution >= 4 is 5.97 Å². The molecule has 1 rings (SSSR count). The van der Waals surface area contributed by atoms with Crippen molar-refractivity contribution < 1.29 is 35.4 Å². The average Bonchev–Trinajstić information content (AvgIpc) is 2.75. The van der Waals surface area contributed by atoms with E-state index in [1.54, 1.807) is 6.92 Å². The Balaban J connectivity index is -0.000000352. The Kier molecular flexibility index (Phi) is 22.6. The smallest absolute Gasteiger partial charge is 0.320 e. The van der Waals surface area contributed by atoms with Gasteiger partial charge < -0.3 is 47.0 Å². The molecule has 0 aliphatic heterocycles. The topological polar surface area (TPSA) is 194 Å². The molecule has 5 unspecified atom stereocenters. The molecule has 1 aliphatic carbocycles. The number of carboxylic acids is 1. The fourth-order valence-corrected chi connectivity index (χ4v) is 2.14. The highest BCUT2D eigenvalue weighted by atomic mass is 16.4. The summed E-state index contributed by atoms with van der Waals surface area (Å²) in [5.41, 5.74) is 10.0. The van der Waals surface area contributed by atoms with Gasteiger partial charge in [-0.2, -0.15) is 0 Å². The van der Waals surface area contributed by atoms with Crippen molar-refractivity contribution in [1.29, 1.82) is 0 Å². The SMILES string of the molecule is CC1C(O)C(O)C(O)C(O)C1O.CCC(N)C(=O)O.CCCN.CCCN(C)CC. The third-order valence-corrected chi connectivity index (χ3v) is 4.67. The van der Waals surface area contributed by atoms with Crippen molar-refractivity contribution in [1.82, 2.24) is 4.90 Å². The quantitative estimate of drug-likeness (QED) is 0.252. The normalized spacial score (nSPS) is 28.7. The van der Waals surface area contributed by atoms with Crippen molar-refractivity contribution in [3.8, 4) is 0 Å². The molecule has 0 saturated heterocycles. The third kappa shape index (κ3) is 15.0. The van der Waals surface area contributed by atoms with E-state index in [2.05, 4.69) is 32.7 Å². The van der Waals surface area contributed by atoms with Crippen molar-refractivity contribution in [3.63, 3.8) is 0 Å². The van der Waals surface area contributed by atoms with Gasteiger partial charge in [0.25, 0.3) is 0 Å². The number of aliphatic hydroxyl groups is 5. The lowest BCUT2D eigenvalue weighted by atomic mass is 9.80. The van der Waals surface area contributed by atoms with Crippen LogP contribution in [-0.2, 0) is 4.79 Å². The van der Waals surface area contributed by atoms with Gasteiger partial charge in [-0.25, -0.2) is 0 Å². The second-order valence-corrected chi connectivity index (χ2v) is 7.35. The average molecular weight is 442 g/mol. The fraction of sp³-hybridized carbons (Fsp3) is 0.950. The zero-order valence-corrected chi connectivity index (χ0v) is 19.5. The van der Waals surface area contributed by atoms with Crippen LogP contribution in [0, 0.1) is 5.92 Å². The zero-order chi connectivity index (χ0) is 24.4. The monoisotopic (exact) mass is 441 g/mol. The molecule has 0 bridgehead atoms. The van der Waals surface area contributed by atoms with Gasteiger partial charge in [0, 0.05) is 5.92 Å². The Hall–Kier alpha value is -0.850. The maximum absolute atomic E-state index is 9.81. The van der Waals surface area contributed by atoms with Gasteiger partial charge in [-0.15, -0.1) is 0 Å². The number of carbonyl (C=O) groups is 1. The van der Waals surface area contributed by atoms with Crippen LogP contribution < -0.4 is 11.5 Å². The predicted octanol–water partition coefficient (Wildman–Crippen LogP) is -1.05. The van der Waals surface area contributed by atoms with Gasteiger partial charge >= 0.3 is 5.97 Å². The summed E-state index contributed by atoms with van der Waals surface area (Å²) in [6.07, 6.45) is -3.79. The van der Waals surface area contributed by atoms with E-state index < -0.39 is 48.4 Å². The molecule has 0 heterocycles. The molecule has 10 nitrogen and oxygen atoms in total. The van der Waals surface area contributed by atoms with Gasteiger partial charge in [0.15, 0.2) is 0 Å². The number of rotatable bonds is 6. The highest BCUT2D eigenvalue weighted by Gasteiger charge is 2.45. The minimum absolute atomic E-state index is 0.495. The molecule has 10 heteroatoms. The second-order valence-electron chi connectivity index (χ2n) is 7.35. The van der Waals surface area contributed by atoms with Crippen molar-refractivity contribution in [2.45, 2.75) is 90.4 Å². The van der Waals surface area contributed by atoms with E-state index in [-0.39, 0.29) is 0 Å². The lowest BCUT2D eigenvalue weighted by Crippen LogP contribution is -2.60. The summed E-state index contributed by atoms with van der Waals surface area (Å²) in [7, 11) is 2.14. The fourth-order valence-electron chi connectivity index (χ4n) is 2.14. The summed E-state index contributed by atoms with van der Waals surface area (Å²) in [5, 5.41) is 53.9. The largest absolute Gasteiger partial charge is 0.480 e. The lowest BCUT2D eigenvalue weighted by molar-refractivity contribution is -0.200. The van der Waals surface area contributed by atoms with E-state index in [9.17, 15) is 15.0 Å². The first-order chi connectivity index (χ1) is 13.9. The molecule has 0 amide bonds. The Bertz CT molecular complexity index is 344. The number of hydrogen-bond donors (Lipinski definition) is 8. The van der Waals surface area contributed by atoms with E-state index in [4.69, 9.17) is 31.9 Å². The van der Waals surface area contributed by atoms with Crippen molar-refractivity contribution in [3.05, 3.63) is 0 Å². The number of nitrogens with zero attached hydrogens (tertiary/aromatic N) is 1. The first-order valence-corrected chi connectivity index (χ1v) is 10.6. The van der Waals surface area contributed by atoms with Gasteiger partial charge in [0.2, 0.25) is 0 Å². The number of hydrogen-bond acceptors (Lipinski definition) is 9. The summed E-state index contributed by atoms with van der Waals surface area (Å²) in [5.74, 6) is -1.57. The molecule has 10 N–H and O–H groups in total. The van der Waals surface area contributed by atoms with Gasteiger partial charge in [-0.3, -0.25) is 4.79 Å². The molecule has 30 heavy (non-hydrogen) atoms. The number of aliphatic carboxylic acids is 1. The van der Waals surface area contributed by atoms with Gasteiger partial charge in [-0.05, 0) is 45.9 Å². The molecule has 1 aliphatic rings. The summed E-state index contributed by atoms with van der Waals surface area (Å²) < 4.78 is 0. The van der Waals surface area contributed by atoms with Crippen LogP contribution in [0.4, 0.5) is 0 Å². The van der Waals surface area contributed by atoms with Crippen LogP contribution in [0.1, 0.15) is 53.9 Å². The van der Waals surface area contributed by atoms with E-state index in [1.807, 2.05) is 0 Å². The summed E-state index contributed by atoms with van der Waals surface area (Å²) >= 11 is 0. The third-order valence-electron chi connectivity index (χ3n) is 4.67. The molecule has 0 aromatic heterocycles. The van der Waals surface area contributed by atoms with E-state index in [0.717, 1.165) is 13.0 Å². The molecule has 1 fully saturated rings. The van der Waals surface area contributed by atoms with Crippen LogP contribution in [-0.4, -0.2) is 105 Å². The Morgan fingerprint density at radius 2 is 1.27 bits per heavy atom. The van der Waals surface area contributed by atoms with Crippen molar-refractivity contribution in [2.75, 3.05) is 26.7 Å². The van der Waals surface area contributed by atoms with Crippen LogP contribution >= 0.6 is 0 Å². The molecule has 5 atom stereocenters. The summed E-state index contributed by atoms with van der Waals surface area (Å²) in [4.78, 5) is 12.1. The highest BCUT2D eigenvalue weighted by Crippen LogP contribution is 2.25. The van der Waals surface area contributed by atoms with E-state index >= 15 is 0 Å². The zero-order valence-electron chi connectivity index (χ0n) is 19.5. The predicted molar refractivity (Wildman–Crippen MR) is 118 cm³/mol. The Morgan fingerprint density at radius 3 is 1.43 bits per heavy atom. The van der Waals surface area contributed by atoms with Crippen LogP contribution in [0.15, 0.2) is 0 Å². The molecule has 0 aromatic rings. The highest BCUT2D eigenvalue weighted by molar-refractivity contribution is 5.72. The molecular formula is C20H47N3O7. The van der Waals surface area contributed by atoms with Gasteiger partial charge in [0.05, 0.1) is 12.2 Å². The van der Waals surface area contributed by atoms with Crippen LogP contribution in [0.2, 0.25) is 0 Å².